The molecular weight excluding hydrogens is 212 g/mol. The zero-order valence-corrected chi connectivity index (χ0v) is 8.65. The van der Waals surface area contributed by atoms with Gasteiger partial charge < -0.3 is 5.73 Å². The SMILES string of the molecule is Nc1nc(Cl)cc(C2=CC=NC=CC2)n1. The highest BCUT2D eigenvalue weighted by atomic mass is 35.5. The molecule has 2 rings (SSSR count). The maximum absolute atomic E-state index is 5.80. The van der Waals surface area contributed by atoms with Crippen molar-refractivity contribution in [1.82, 2.24) is 9.97 Å². The van der Waals surface area contributed by atoms with E-state index in [4.69, 9.17) is 17.3 Å². The smallest absolute Gasteiger partial charge is 0.221 e. The summed E-state index contributed by atoms with van der Waals surface area (Å²) in [5, 5.41) is 0.351. The van der Waals surface area contributed by atoms with Gasteiger partial charge in [0.25, 0.3) is 0 Å². The molecule has 2 N–H and O–H groups in total. The van der Waals surface area contributed by atoms with Crippen molar-refractivity contribution in [3.05, 3.63) is 35.3 Å². The van der Waals surface area contributed by atoms with E-state index in [9.17, 15) is 0 Å². The third-order valence-corrected chi connectivity index (χ3v) is 2.13. The summed E-state index contributed by atoms with van der Waals surface area (Å²) in [6.45, 7) is 0. The molecule has 0 amide bonds. The minimum absolute atomic E-state index is 0.184. The van der Waals surface area contributed by atoms with E-state index in [1.54, 1.807) is 18.5 Å². The molecule has 0 spiro atoms. The summed E-state index contributed by atoms with van der Waals surface area (Å²) >= 11 is 5.80. The molecule has 1 aromatic rings. The molecule has 1 aromatic heterocycles. The quantitative estimate of drug-likeness (QED) is 0.737. The third-order valence-electron chi connectivity index (χ3n) is 1.93. The molecule has 2 heterocycles. The molecule has 4 nitrogen and oxygen atoms in total. The van der Waals surface area contributed by atoms with Gasteiger partial charge in [0, 0.05) is 18.5 Å². The zero-order chi connectivity index (χ0) is 10.7. The highest BCUT2D eigenvalue weighted by Crippen LogP contribution is 2.20. The second-order valence-electron chi connectivity index (χ2n) is 3.01. The van der Waals surface area contributed by atoms with E-state index in [1.165, 1.54) is 0 Å². The van der Waals surface area contributed by atoms with Crippen LogP contribution in [0.2, 0.25) is 5.15 Å². The van der Waals surface area contributed by atoms with Crippen molar-refractivity contribution < 1.29 is 0 Å². The van der Waals surface area contributed by atoms with Gasteiger partial charge in [-0.15, -0.1) is 0 Å². The first-order chi connectivity index (χ1) is 7.25. The second-order valence-corrected chi connectivity index (χ2v) is 3.40. The molecule has 1 aliphatic heterocycles. The van der Waals surface area contributed by atoms with Gasteiger partial charge in [0.05, 0.1) is 5.69 Å². The van der Waals surface area contributed by atoms with Gasteiger partial charge in [-0.2, -0.15) is 0 Å². The first kappa shape index (κ1) is 9.86. The van der Waals surface area contributed by atoms with Crippen molar-refractivity contribution in [3.63, 3.8) is 0 Å². The maximum atomic E-state index is 5.80. The predicted octanol–water partition coefficient (Wildman–Crippen LogP) is 2.08. The van der Waals surface area contributed by atoms with E-state index in [0.717, 1.165) is 17.7 Å². The number of anilines is 1. The van der Waals surface area contributed by atoms with Crippen LogP contribution in [-0.4, -0.2) is 16.2 Å². The molecule has 0 aromatic carbocycles. The molecule has 0 atom stereocenters. The molecule has 0 saturated heterocycles. The highest BCUT2D eigenvalue weighted by Gasteiger charge is 2.05. The fraction of sp³-hybridized carbons (Fsp3) is 0.100. The van der Waals surface area contributed by atoms with Gasteiger partial charge in [-0.1, -0.05) is 17.7 Å². The summed E-state index contributed by atoms with van der Waals surface area (Å²) in [6.07, 6.45) is 8.05. The molecule has 0 fully saturated rings. The lowest BCUT2D eigenvalue weighted by Gasteiger charge is -2.03. The van der Waals surface area contributed by atoms with Gasteiger partial charge in [-0.3, -0.25) is 4.99 Å². The fourth-order valence-electron chi connectivity index (χ4n) is 1.28. The number of hydrogen-bond acceptors (Lipinski definition) is 4. The number of halogens is 1. The summed E-state index contributed by atoms with van der Waals surface area (Å²) < 4.78 is 0. The van der Waals surface area contributed by atoms with Gasteiger partial charge in [0.1, 0.15) is 5.15 Å². The number of aliphatic imine (C=N–C) groups is 1. The number of rotatable bonds is 1. The zero-order valence-electron chi connectivity index (χ0n) is 7.89. The number of aromatic nitrogens is 2. The van der Waals surface area contributed by atoms with Gasteiger partial charge in [0.2, 0.25) is 5.95 Å². The standard InChI is InChI=1S/C10H9ClN4/c11-9-6-8(14-10(12)15-9)7-2-1-4-13-5-3-7/h1,3-6H,2H2,(H2,12,14,15). The summed E-state index contributed by atoms with van der Waals surface area (Å²) in [7, 11) is 0. The van der Waals surface area contributed by atoms with Crippen molar-refractivity contribution in [2.75, 3.05) is 5.73 Å². The molecule has 15 heavy (non-hydrogen) atoms. The van der Waals surface area contributed by atoms with Crippen LogP contribution < -0.4 is 5.73 Å². The Bertz CT molecular complexity index is 442. The average Bonchev–Trinajstić information content (AvgIpc) is 2.43. The van der Waals surface area contributed by atoms with Gasteiger partial charge in [0.15, 0.2) is 0 Å². The third kappa shape index (κ3) is 2.41. The molecule has 1 aliphatic rings. The van der Waals surface area contributed by atoms with Gasteiger partial charge in [-0.05, 0) is 18.1 Å². The Balaban J connectivity index is 2.40. The monoisotopic (exact) mass is 220 g/mol. The van der Waals surface area contributed by atoms with E-state index in [2.05, 4.69) is 15.0 Å². The Labute approximate surface area is 92.2 Å². The van der Waals surface area contributed by atoms with Gasteiger partial charge in [-0.25, -0.2) is 9.97 Å². The summed E-state index contributed by atoms with van der Waals surface area (Å²) in [4.78, 5) is 11.9. The maximum Gasteiger partial charge on any atom is 0.221 e. The van der Waals surface area contributed by atoms with Crippen LogP contribution in [0.4, 0.5) is 5.95 Å². The molecule has 0 bridgehead atoms. The van der Waals surface area contributed by atoms with Crippen molar-refractivity contribution >= 4 is 29.3 Å². The van der Waals surface area contributed by atoms with Crippen LogP contribution in [0.5, 0.6) is 0 Å². The van der Waals surface area contributed by atoms with Crippen LogP contribution in [0.1, 0.15) is 12.1 Å². The Morgan fingerprint density at radius 1 is 1.33 bits per heavy atom. The topological polar surface area (TPSA) is 64.2 Å². The first-order valence-electron chi connectivity index (χ1n) is 4.43. The Hall–Kier alpha value is -1.68. The minimum atomic E-state index is 0.184. The fourth-order valence-corrected chi connectivity index (χ4v) is 1.47. The van der Waals surface area contributed by atoms with Gasteiger partial charge >= 0.3 is 0 Å². The van der Waals surface area contributed by atoms with E-state index in [0.29, 0.717) is 5.15 Å². The molecule has 0 radical (unpaired) electrons. The largest absolute Gasteiger partial charge is 0.368 e. The number of nitrogens with two attached hydrogens (primary N) is 1. The van der Waals surface area contributed by atoms with Crippen molar-refractivity contribution in [1.29, 1.82) is 0 Å². The number of allylic oxidation sites excluding steroid dienone is 3. The second kappa shape index (κ2) is 4.23. The first-order valence-corrected chi connectivity index (χ1v) is 4.81. The summed E-state index contributed by atoms with van der Waals surface area (Å²) in [5.41, 5.74) is 7.28. The van der Waals surface area contributed by atoms with E-state index in [-0.39, 0.29) is 5.95 Å². The van der Waals surface area contributed by atoms with Crippen LogP contribution in [0.15, 0.2) is 29.4 Å². The number of hydrogen-bond donors (Lipinski definition) is 1. The Kier molecular flexibility index (Phi) is 2.78. The average molecular weight is 221 g/mol. The van der Waals surface area contributed by atoms with Crippen LogP contribution in [0.3, 0.4) is 0 Å². The van der Waals surface area contributed by atoms with E-state index < -0.39 is 0 Å². The number of nitrogen functional groups attached to an aromatic ring is 1. The summed E-state index contributed by atoms with van der Waals surface area (Å²) in [5.74, 6) is 0.184. The highest BCUT2D eigenvalue weighted by molar-refractivity contribution is 6.29. The Morgan fingerprint density at radius 3 is 3.00 bits per heavy atom. The molecule has 0 aliphatic carbocycles. The minimum Gasteiger partial charge on any atom is -0.368 e. The lowest BCUT2D eigenvalue weighted by Crippen LogP contribution is -1.99. The van der Waals surface area contributed by atoms with Crippen molar-refractivity contribution in [2.45, 2.75) is 6.42 Å². The molecule has 0 unspecified atom stereocenters. The van der Waals surface area contributed by atoms with Crippen LogP contribution in [-0.2, 0) is 0 Å². The lowest BCUT2D eigenvalue weighted by molar-refractivity contribution is 1.15. The molecular formula is C10H9ClN4. The number of nitrogens with zero attached hydrogens (tertiary/aromatic N) is 3. The van der Waals surface area contributed by atoms with E-state index in [1.807, 2.05) is 12.2 Å². The Morgan fingerprint density at radius 2 is 2.20 bits per heavy atom. The normalized spacial score (nSPS) is 14.9. The van der Waals surface area contributed by atoms with Crippen LogP contribution in [0.25, 0.3) is 5.57 Å². The van der Waals surface area contributed by atoms with Crippen LogP contribution >= 0.6 is 11.6 Å². The predicted molar refractivity (Wildman–Crippen MR) is 61.7 cm³/mol. The van der Waals surface area contributed by atoms with Crippen molar-refractivity contribution in [2.24, 2.45) is 4.99 Å². The lowest BCUT2D eigenvalue weighted by atomic mass is 10.1. The van der Waals surface area contributed by atoms with E-state index >= 15 is 0 Å². The van der Waals surface area contributed by atoms with Crippen LogP contribution in [0, 0.1) is 0 Å². The molecule has 0 saturated carbocycles. The molecule has 76 valence electrons. The van der Waals surface area contributed by atoms with Crippen molar-refractivity contribution in [3.8, 4) is 0 Å². The molecule has 5 heteroatoms. The summed E-state index contributed by atoms with van der Waals surface area (Å²) in [6, 6.07) is 1.69.